The number of aliphatic hydroxyl groups is 2. The van der Waals surface area contributed by atoms with Crippen molar-refractivity contribution < 1.29 is 10.2 Å². The predicted octanol–water partition coefficient (Wildman–Crippen LogP) is 1.74. The van der Waals surface area contributed by atoms with Gasteiger partial charge in [-0.25, -0.2) is 0 Å². The van der Waals surface area contributed by atoms with Gasteiger partial charge in [-0.1, -0.05) is 23.7 Å². The molecule has 96 valence electrons. The Labute approximate surface area is 107 Å². The van der Waals surface area contributed by atoms with Crippen LogP contribution in [0, 0.1) is 0 Å². The van der Waals surface area contributed by atoms with Crippen molar-refractivity contribution in [2.75, 3.05) is 13.2 Å². The molecular formula is C13H20ClNO2. The first kappa shape index (κ1) is 14.5. The maximum absolute atomic E-state index is 9.12. The van der Waals surface area contributed by atoms with Crippen molar-refractivity contribution in [3.63, 3.8) is 0 Å². The smallest absolute Gasteiger partial charge is 0.0607 e. The number of aliphatic hydroxyl groups excluding tert-OH is 2. The first-order valence-corrected chi connectivity index (χ1v) is 6.10. The summed E-state index contributed by atoms with van der Waals surface area (Å²) in [4.78, 5) is 0. The molecule has 0 aliphatic carbocycles. The minimum Gasteiger partial charge on any atom is -0.396 e. The lowest BCUT2D eigenvalue weighted by molar-refractivity contribution is 0.187. The maximum Gasteiger partial charge on any atom is 0.0607 e. The molecule has 0 spiro atoms. The lowest BCUT2D eigenvalue weighted by Gasteiger charge is -2.23. The second kappa shape index (κ2) is 6.36. The molecule has 1 aromatic carbocycles. The molecule has 0 heterocycles. The molecule has 0 bridgehead atoms. The molecule has 0 saturated heterocycles. The Morgan fingerprint density at radius 1 is 1.29 bits per heavy atom. The molecule has 3 nitrogen and oxygen atoms in total. The van der Waals surface area contributed by atoms with Crippen molar-refractivity contribution in [2.45, 2.75) is 32.4 Å². The molecule has 0 fully saturated rings. The summed E-state index contributed by atoms with van der Waals surface area (Å²) in [7, 11) is 0. The van der Waals surface area contributed by atoms with Gasteiger partial charge >= 0.3 is 0 Å². The third-order valence-electron chi connectivity index (χ3n) is 2.66. The van der Waals surface area contributed by atoms with E-state index in [4.69, 9.17) is 21.8 Å². The van der Waals surface area contributed by atoms with E-state index in [2.05, 4.69) is 5.32 Å². The number of benzene rings is 1. The standard InChI is InChI=1S/C13H20ClNO2/c1-13(2,9-17)15-8-10-3-4-11(5-6-16)12(14)7-10/h3-4,7,15-17H,5-6,8-9H2,1-2H3. The summed E-state index contributed by atoms with van der Waals surface area (Å²) < 4.78 is 0. The number of rotatable bonds is 6. The largest absolute Gasteiger partial charge is 0.396 e. The first-order chi connectivity index (χ1) is 7.98. The van der Waals surface area contributed by atoms with Crippen LogP contribution in [0.3, 0.4) is 0 Å². The van der Waals surface area contributed by atoms with E-state index in [-0.39, 0.29) is 18.8 Å². The Kier molecular flexibility index (Phi) is 5.40. The van der Waals surface area contributed by atoms with Crippen LogP contribution in [-0.2, 0) is 13.0 Å². The van der Waals surface area contributed by atoms with E-state index in [0.717, 1.165) is 11.1 Å². The Bertz CT molecular complexity index is 366. The van der Waals surface area contributed by atoms with Gasteiger partial charge in [0.2, 0.25) is 0 Å². The second-order valence-electron chi connectivity index (χ2n) is 4.79. The summed E-state index contributed by atoms with van der Waals surface area (Å²) >= 11 is 6.10. The van der Waals surface area contributed by atoms with Gasteiger partial charge in [0, 0.05) is 23.7 Å². The Hall–Kier alpha value is -0.610. The average molecular weight is 258 g/mol. The Morgan fingerprint density at radius 2 is 2.00 bits per heavy atom. The van der Waals surface area contributed by atoms with Crippen LogP contribution in [0.2, 0.25) is 5.02 Å². The van der Waals surface area contributed by atoms with Gasteiger partial charge in [-0.2, -0.15) is 0 Å². The van der Waals surface area contributed by atoms with E-state index in [1.807, 2.05) is 32.0 Å². The van der Waals surface area contributed by atoms with E-state index in [0.29, 0.717) is 18.0 Å². The highest BCUT2D eigenvalue weighted by Gasteiger charge is 2.14. The van der Waals surface area contributed by atoms with Crippen LogP contribution in [0.1, 0.15) is 25.0 Å². The zero-order valence-electron chi connectivity index (χ0n) is 10.3. The molecule has 17 heavy (non-hydrogen) atoms. The fraction of sp³-hybridized carbons (Fsp3) is 0.538. The van der Waals surface area contributed by atoms with E-state index in [1.54, 1.807) is 0 Å². The highest BCUT2D eigenvalue weighted by molar-refractivity contribution is 6.31. The lowest BCUT2D eigenvalue weighted by atomic mass is 10.1. The van der Waals surface area contributed by atoms with Crippen LogP contribution < -0.4 is 5.32 Å². The van der Waals surface area contributed by atoms with Crippen LogP contribution in [0.5, 0.6) is 0 Å². The SMILES string of the molecule is CC(C)(CO)NCc1ccc(CCO)c(Cl)c1. The molecule has 0 aliphatic heterocycles. The van der Waals surface area contributed by atoms with E-state index >= 15 is 0 Å². The van der Waals surface area contributed by atoms with Crippen LogP contribution in [0.4, 0.5) is 0 Å². The predicted molar refractivity (Wildman–Crippen MR) is 70.2 cm³/mol. The van der Waals surface area contributed by atoms with Crippen LogP contribution in [0.15, 0.2) is 18.2 Å². The van der Waals surface area contributed by atoms with E-state index < -0.39 is 0 Å². The van der Waals surface area contributed by atoms with Crippen LogP contribution >= 0.6 is 11.6 Å². The monoisotopic (exact) mass is 257 g/mol. The third-order valence-corrected chi connectivity index (χ3v) is 3.02. The summed E-state index contributed by atoms with van der Waals surface area (Å²) in [6.45, 7) is 4.73. The molecule has 1 rings (SSSR count). The zero-order chi connectivity index (χ0) is 12.9. The highest BCUT2D eigenvalue weighted by atomic mass is 35.5. The fourth-order valence-electron chi connectivity index (χ4n) is 1.42. The van der Waals surface area contributed by atoms with Gasteiger partial charge in [-0.15, -0.1) is 0 Å². The number of hydrogen-bond donors (Lipinski definition) is 3. The van der Waals surface area contributed by atoms with E-state index in [1.165, 1.54) is 0 Å². The third kappa shape index (κ3) is 4.64. The average Bonchev–Trinajstić information content (AvgIpc) is 2.30. The molecule has 0 saturated carbocycles. The van der Waals surface area contributed by atoms with Crippen molar-refractivity contribution in [1.29, 1.82) is 0 Å². The number of halogens is 1. The second-order valence-corrected chi connectivity index (χ2v) is 5.20. The summed E-state index contributed by atoms with van der Waals surface area (Å²) in [6.07, 6.45) is 0.578. The van der Waals surface area contributed by atoms with Crippen molar-refractivity contribution in [3.8, 4) is 0 Å². The molecule has 0 amide bonds. The first-order valence-electron chi connectivity index (χ1n) is 5.72. The zero-order valence-corrected chi connectivity index (χ0v) is 11.1. The highest BCUT2D eigenvalue weighted by Crippen LogP contribution is 2.18. The maximum atomic E-state index is 9.12. The molecular weight excluding hydrogens is 238 g/mol. The Balaban J connectivity index is 2.64. The van der Waals surface area contributed by atoms with Crippen molar-refractivity contribution in [1.82, 2.24) is 5.32 Å². The quantitative estimate of drug-likeness (QED) is 0.728. The molecule has 0 radical (unpaired) electrons. The van der Waals surface area contributed by atoms with Gasteiger partial charge in [-0.05, 0) is 37.5 Å². The molecule has 0 aliphatic rings. The summed E-state index contributed by atoms with van der Waals surface area (Å²) in [5.74, 6) is 0. The summed E-state index contributed by atoms with van der Waals surface area (Å²) in [6, 6.07) is 5.81. The molecule has 4 heteroatoms. The van der Waals surface area contributed by atoms with Crippen molar-refractivity contribution in [2.24, 2.45) is 0 Å². The molecule has 0 atom stereocenters. The van der Waals surface area contributed by atoms with Gasteiger partial charge in [0.05, 0.1) is 6.61 Å². The molecule has 0 aromatic heterocycles. The minimum absolute atomic E-state index is 0.0866. The normalized spacial score (nSPS) is 11.8. The Morgan fingerprint density at radius 3 is 2.53 bits per heavy atom. The molecule has 0 unspecified atom stereocenters. The topological polar surface area (TPSA) is 52.5 Å². The van der Waals surface area contributed by atoms with Gasteiger partial charge in [0.1, 0.15) is 0 Å². The number of hydrogen-bond acceptors (Lipinski definition) is 3. The van der Waals surface area contributed by atoms with Gasteiger partial charge in [0.25, 0.3) is 0 Å². The number of nitrogens with one attached hydrogen (secondary N) is 1. The molecule has 3 N–H and O–H groups in total. The summed E-state index contributed by atoms with van der Waals surface area (Å²) in [5, 5.41) is 21.9. The van der Waals surface area contributed by atoms with Crippen molar-refractivity contribution in [3.05, 3.63) is 34.3 Å². The van der Waals surface area contributed by atoms with Gasteiger partial charge in [-0.3, -0.25) is 0 Å². The fourth-order valence-corrected chi connectivity index (χ4v) is 1.72. The van der Waals surface area contributed by atoms with Crippen molar-refractivity contribution >= 4 is 11.6 Å². The lowest BCUT2D eigenvalue weighted by Crippen LogP contribution is -2.42. The molecule has 1 aromatic rings. The van der Waals surface area contributed by atoms with E-state index in [9.17, 15) is 0 Å². The van der Waals surface area contributed by atoms with Gasteiger partial charge < -0.3 is 15.5 Å². The minimum atomic E-state index is -0.295. The van der Waals surface area contributed by atoms with Gasteiger partial charge in [0.15, 0.2) is 0 Å². The van der Waals surface area contributed by atoms with Crippen LogP contribution in [0.25, 0.3) is 0 Å². The van der Waals surface area contributed by atoms with Crippen LogP contribution in [-0.4, -0.2) is 29.0 Å². The summed E-state index contributed by atoms with van der Waals surface area (Å²) in [5.41, 5.74) is 1.73.